The summed E-state index contributed by atoms with van der Waals surface area (Å²) >= 11 is 0. The zero-order valence-corrected chi connectivity index (χ0v) is 10.2. The fourth-order valence-electron chi connectivity index (χ4n) is 1.06. The number of carboxylic acid groups (broad SMARTS) is 2. The van der Waals surface area contributed by atoms with Crippen LogP contribution in [0, 0.1) is 0 Å². The van der Waals surface area contributed by atoms with Crippen LogP contribution < -0.4 is 10.6 Å². The van der Waals surface area contributed by atoms with Gasteiger partial charge in [0.1, 0.15) is 0 Å². The molecule has 0 aliphatic heterocycles. The van der Waals surface area contributed by atoms with Gasteiger partial charge in [-0.25, -0.2) is 9.59 Å². The van der Waals surface area contributed by atoms with Gasteiger partial charge >= 0.3 is 12.2 Å². The summed E-state index contributed by atoms with van der Waals surface area (Å²) in [7, 11) is 0. The molecule has 8 heteroatoms. The predicted octanol–water partition coefficient (Wildman–Crippen LogP) is 0.335. The van der Waals surface area contributed by atoms with Gasteiger partial charge in [0.15, 0.2) is 0 Å². The van der Waals surface area contributed by atoms with Crippen molar-refractivity contribution in [2.45, 2.75) is 12.8 Å². The Morgan fingerprint density at radius 2 is 1.17 bits per heavy atom. The topological polar surface area (TPSA) is 117 Å². The lowest BCUT2D eigenvalue weighted by molar-refractivity contribution is 0.0462. The highest BCUT2D eigenvalue weighted by Crippen LogP contribution is 1.85. The molecule has 0 aromatic rings. The third-order valence-corrected chi connectivity index (χ3v) is 1.86. The Balaban J connectivity index is 2.99. The van der Waals surface area contributed by atoms with Crippen LogP contribution in [0.1, 0.15) is 12.8 Å². The molecule has 0 aromatic carbocycles. The van der Waals surface area contributed by atoms with Crippen molar-refractivity contribution in [2.75, 3.05) is 39.5 Å². The van der Waals surface area contributed by atoms with E-state index in [9.17, 15) is 9.59 Å². The summed E-state index contributed by atoms with van der Waals surface area (Å²) in [5.41, 5.74) is 0. The number of carbonyl (C=O) groups is 2. The number of rotatable bonds is 11. The molecule has 0 radical (unpaired) electrons. The van der Waals surface area contributed by atoms with Crippen molar-refractivity contribution in [3.05, 3.63) is 0 Å². The highest BCUT2D eigenvalue weighted by Gasteiger charge is 1.95. The smallest absolute Gasteiger partial charge is 0.404 e. The molecular weight excluding hydrogens is 244 g/mol. The first-order valence-corrected chi connectivity index (χ1v) is 5.72. The Kier molecular flexibility index (Phi) is 10.9. The summed E-state index contributed by atoms with van der Waals surface area (Å²) in [4.78, 5) is 20.2. The van der Waals surface area contributed by atoms with Crippen LogP contribution in [-0.2, 0) is 9.47 Å². The van der Waals surface area contributed by atoms with Crippen LogP contribution in [0.5, 0.6) is 0 Å². The first kappa shape index (κ1) is 16.5. The van der Waals surface area contributed by atoms with E-state index < -0.39 is 12.2 Å². The summed E-state index contributed by atoms with van der Waals surface area (Å²) in [6.45, 7) is 2.58. The normalized spacial score (nSPS) is 10.0. The van der Waals surface area contributed by atoms with Crippen LogP contribution in [0.4, 0.5) is 9.59 Å². The molecule has 0 rings (SSSR count). The summed E-state index contributed by atoms with van der Waals surface area (Å²) in [6, 6.07) is 0. The first-order valence-electron chi connectivity index (χ1n) is 5.72. The van der Waals surface area contributed by atoms with E-state index in [1.165, 1.54) is 0 Å². The van der Waals surface area contributed by atoms with E-state index >= 15 is 0 Å². The largest absolute Gasteiger partial charge is 0.465 e. The summed E-state index contributed by atoms with van der Waals surface area (Å²) in [5.74, 6) is 0. The van der Waals surface area contributed by atoms with Crippen LogP contribution in [-0.4, -0.2) is 61.9 Å². The molecule has 0 fully saturated rings. The highest BCUT2D eigenvalue weighted by molar-refractivity contribution is 5.64. The fourth-order valence-corrected chi connectivity index (χ4v) is 1.06. The maximum atomic E-state index is 10.1. The Morgan fingerprint density at radius 1 is 0.778 bits per heavy atom. The molecule has 4 N–H and O–H groups in total. The van der Waals surface area contributed by atoms with Crippen LogP contribution >= 0.6 is 0 Å². The van der Waals surface area contributed by atoms with Gasteiger partial charge in [0, 0.05) is 26.3 Å². The van der Waals surface area contributed by atoms with E-state index in [0.717, 1.165) is 0 Å². The van der Waals surface area contributed by atoms with E-state index in [1.54, 1.807) is 0 Å². The fraction of sp³-hybridized carbons (Fsp3) is 0.800. The van der Waals surface area contributed by atoms with E-state index in [-0.39, 0.29) is 0 Å². The quantitative estimate of drug-likeness (QED) is 0.400. The minimum absolute atomic E-state index is 0.372. The molecule has 0 saturated heterocycles. The maximum Gasteiger partial charge on any atom is 0.404 e. The number of nitrogens with one attached hydrogen (secondary N) is 2. The Bertz CT molecular complexity index is 212. The van der Waals surface area contributed by atoms with Gasteiger partial charge in [-0.15, -0.1) is 0 Å². The van der Waals surface area contributed by atoms with Gasteiger partial charge in [0.05, 0.1) is 13.2 Å². The Hall–Kier alpha value is -1.54. The lowest BCUT2D eigenvalue weighted by Crippen LogP contribution is -2.23. The Morgan fingerprint density at radius 3 is 1.50 bits per heavy atom. The molecular formula is C10H20N2O6. The number of hydrogen-bond donors (Lipinski definition) is 4. The van der Waals surface area contributed by atoms with E-state index in [0.29, 0.717) is 52.4 Å². The van der Waals surface area contributed by atoms with Crippen LogP contribution in [0.2, 0.25) is 0 Å². The molecule has 0 heterocycles. The third kappa shape index (κ3) is 14.5. The van der Waals surface area contributed by atoms with E-state index in [2.05, 4.69) is 10.6 Å². The zero-order valence-electron chi connectivity index (χ0n) is 10.2. The monoisotopic (exact) mass is 264 g/mol. The van der Waals surface area contributed by atoms with Gasteiger partial charge < -0.3 is 30.3 Å². The molecule has 18 heavy (non-hydrogen) atoms. The lowest BCUT2D eigenvalue weighted by atomic mass is 10.4. The molecule has 0 bridgehead atoms. The predicted molar refractivity (Wildman–Crippen MR) is 62.9 cm³/mol. The van der Waals surface area contributed by atoms with Crippen molar-refractivity contribution in [3.63, 3.8) is 0 Å². The average Bonchev–Trinajstić information content (AvgIpc) is 2.29. The molecule has 0 aromatic heterocycles. The van der Waals surface area contributed by atoms with Crippen molar-refractivity contribution in [2.24, 2.45) is 0 Å². The van der Waals surface area contributed by atoms with E-state index in [4.69, 9.17) is 19.7 Å². The van der Waals surface area contributed by atoms with Gasteiger partial charge in [0.2, 0.25) is 0 Å². The van der Waals surface area contributed by atoms with Gasteiger partial charge in [-0.2, -0.15) is 0 Å². The molecule has 0 aliphatic rings. The van der Waals surface area contributed by atoms with Crippen LogP contribution in [0.3, 0.4) is 0 Å². The van der Waals surface area contributed by atoms with Crippen molar-refractivity contribution in [3.8, 4) is 0 Å². The standard InChI is InChI=1S/C10H20N2O6/c13-9(14)11-3-1-5-17-7-8-18-6-2-4-12-10(15)16/h11-12H,1-8H2,(H,13,14)(H,15,16). The SMILES string of the molecule is O=C(O)NCCCOCCOCCCNC(=O)O. The molecule has 0 unspecified atom stereocenters. The maximum absolute atomic E-state index is 10.1. The first-order chi connectivity index (χ1) is 8.63. The number of amides is 2. The molecule has 0 saturated carbocycles. The highest BCUT2D eigenvalue weighted by atomic mass is 16.5. The number of hydrogen-bond acceptors (Lipinski definition) is 4. The van der Waals surface area contributed by atoms with Gasteiger partial charge in [-0.05, 0) is 12.8 Å². The second-order valence-electron chi connectivity index (χ2n) is 3.40. The third-order valence-electron chi connectivity index (χ3n) is 1.86. The zero-order chi connectivity index (χ0) is 13.6. The lowest BCUT2D eigenvalue weighted by Gasteiger charge is -2.06. The average molecular weight is 264 g/mol. The van der Waals surface area contributed by atoms with Crippen molar-refractivity contribution < 1.29 is 29.3 Å². The molecule has 2 amide bonds. The van der Waals surface area contributed by atoms with Crippen LogP contribution in [0.25, 0.3) is 0 Å². The van der Waals surface area contributed by atoms with Crippen LogP contribution in [0.15, 0.2) is 0 Å². The van der Waals surface area contributed by atoms with Gasteiger partial charge in [-0.1, -0.05) is 0 Å². The van der Waals surface area contributed by atoms with E-state index in [1.807, 2.05) is 0 Å². The molecule has 0 atom stereocenters. The molecule has 106 valence electrons. The molecule has 0 aliphatic carbocycles. The van der Waals surface area contributed by atoms with Crippen molar-refractivity contribution in [1.29, 1.82) is 0 Å². The van der Waals surface area contributed by atoms with Gasteiger partial charge in [-0.3, -0.25) is 0 Å². The second kappa shape index (κ2) is 11.9. The summed E-state index contributed by atoms with van der Waals surface area (Å²) in [5, 5.41) is 21.0. The Labute approximate surface area is 105 Å². The minimum Gasteiger partial charge on any atom is -0.465 e. The summed E-state index contributed by atoms with van der Waals surface area (Å²) < 4.78 is 10.4. The number of ether oxygens (including phenoxy) is 2. The van der Waals surface area contributed by atoms with Crippen molar-refractivity contribution in [1.82, 2.24) is 10.6 Å². The minimum atomic E-state index is -1.03. The second-order valence-corrected chi connectivity index (χ2v) is 3.40. The van der Waals surface area contributed by atoms with Crippen molar-refractivity contribution >= 4 is 12.2 Å². The molecule has 8 nitrogen and oxygen atoms in total. The summed E-state index contributed by atoms with van der Waals surface area (Å²) in [6.07, 6.45) is -0.828. The molecule has 0 spiro atoms. The van der Waals surface area contributed by atoms with Gasteiger partial charge in [0.25, 0.3) is 0 Å².